The van der Waals surface area contributed by atoms with Crippen molar-refractivity contribution in [2.75, 3.05) is 19.6 Å². The van der Waals surface area contributed by atoms with Gasteiger partial charge in [-0.25, -0.2) is 8.78 Å². The van der Waals surface area contributed by atoms with Crippen molar-refractivity contribution >= 4 is 5.91 Å². The normalized spacial score (nSPS) is 15.3. The molecule has 0 unspecified atom stereocenters. The first-order chi connectivity index (χ1) is 8.56. The third-order valence-electron chi connectivity index (χ3n) is 3.30. The van der Waals surface area contributed by atoms with Crippen LogP contribution in [-0.2, 0) is 0 Å². The van der Waals surface area contributed by atoms with Crippen LogP contribution in [0.5, 0.6) is 0 Å². The van der Waals surface area contributed by atoms with Crippen molar-refractivity contribution < 1.29 is 13.6 Å². The second-order valence-corrected chi connectivity index (χ2v) is 4.46. The molecule has 1 heterocycles. The molecule has 1 aromatic carbocycles. The molecule has 0 aromatic heterocycles. The molecule has 3 nitrogen and oxygen atoms in total. The Morgan fingerprint density at radius 2 is 2.11 bits per heavy atom. The summed E-state index contributed by atoms with van der Waals surface area (Å²) in [6, 6.07) is 2.50. The molecule has 1 amide bonds. The number of halogens is 2. The molecule has 1 N–H and O–H groups in total. The van der Waals surface area contributed by atoms with Crippen LogP contribution in [0.15, 0.2) is 12.1 Å². The van der Waals surface area contributed by atoms with Gasteiger partial charge in [0.1, 0.15) is 17.2 Å². The van der Waals surface area contributed by atoms with Gasteiger partial charge in [0.05, 0.1) is 6.04 Å². The quantitative estimate of drug-likeness (QED) is 0.890. The van der Waals surface area contributed by atoms with E-state index in [1.807, 2.05) is 6.92 Å². The highest BCUT2D eigenvalue weighted by atomic mass is 19.1. The fourth-order valence-corrected chi connectivity index (χ4v) is 2.06. The highest BCUT2D eigenvalue weighted by Gasteiger charge is 2.31. The van der Waals surface area contributed by atoms with Crippen molar-refractivity contribution in [3.8, 4) is 0 Å². The summed E-state index contributed by atoms with van der Waals surface area (Å²) in [5, 5.41) is 3.04. The number of carbonyl (C=O) groups is 1. The molecule has 1 fully saturated rings. The van der Waals surface area contributed by atoms with E-state index in [9.17, 15) is 13.6 Å². The average molecular weight is 254 g/mol. The zero-order chi connectivity index (χ0) is 13.3. The fourth-order valence-electron chi connectivity index (χ4n) is 2.06. The lowest BCUT2D eigenvalue weighted by Crippen LogP contribution is -2.59. The number of benzene rings is 1. The number of rotatable bonds is 3. The number of nitrogens with zero attached hydrogens (tertiary/aromatic N) is 1. The Hall–Kier alpha value is -1.49. The summed E-state index contributed by atoms with van der Waals surface area (Å²) in [4.78, 5) is 13.7. The number of nitrogens with one attached hydrogen (secondary N) is 1. The lowest BCUT2D eigenvalue weighted by atomic mass is 10.1. The first-order valence-corrected chi connectivity index (χ1v) is 6.02. The molecule has 0 radical (unpaired) electrons. The molecule has 5 heteroatoms. The second-order valence-electron chi connectivity index (χ2n) is 4.46. The monoisotopic (exact) mass is 254 g/mol. The van der Waals surface area contributed by atoms with Crippen molar-refractivity contribution in [3.05, 3.63) is 34.9 Å². The van der Waals surface area contributed by atoms with E-state index in [2.05, 4.69) is 5.32 Å². The first kappa shape index (κ1) is 13.0. The van der Waals surface area contributed by atoms with Gasteiger partial charge in [-0.1, -0.05) is 6.07 Å². The Morgan fingerprint density at radius 3 is 2.61 bits per heavy atom. The summed E-state index contributed by atoms with van der Waals surface area (Å²) in [6.07, 6.45) is 0. The van der Waals surface area contributed by atoms with Crippen LogP contribution in [0.2, 0.25) is 0 Å². The number of amides is 1. The lowest BCUT2D eigenvalue weighted by Gasteiger charge is -2.37. The van der Waals surface area contributed by atoms with E-state index in [1.54, 1.807) is 0 Å². The smallest absolute Gasteiger partial charge is 0.260 e. The van der Waals surface area contributed by atoms with Gasteiger partial charge in [0.15, 0.2) is 0 Å². The van der Waals surface area contributed by atoms with Crippen LogP contribution < -0.4 is 5.32 Å². The van der Waals surface area contributed by atoms with Crippen LogP contribution in [0.25, 0.3) is 0 Å². The fraction of sp³-hybridized carbons (Fsp3) is 0.462. The van der Waals surface area contributed by atoms with E-state index < -0.39 is 23.1 Å². The third-order valence-corrected chi connectivity index (χ3v) is 3.30. The van der Waals surface area contributed by atoms with Crippen LogP contribution in [0.3, 0.4) is 0 Å². The summed E-state index contributed by atoms with van der Waals surface area (Å²) in [5.41, 5.74) is -0.161. The summed E-state index contributed by atoms with van der Waals surface area (Å²) in [7, 11) is 0. The van der Waals surface area contributed by atoms with Gasteiger partial charge >= 0.3 is 0 Å². The molecule has 0 bridgehead atoms. The van der Waals surface area contributed by atoms with E-state index in [1.165, 1.54) is 17.9 Å². The highest BCUT2D eigenvalue weighted by Crippen LogP contribution is 2.20. The SMILES string of the molecule is CCN(C(=O)c1c(F)ccc(C)c1F)C1CNC1. The maximum atomic E-state index is 13.9. The molecule has 0 aliphatic carbocycles. The minimum Gasteiger partial charge on any atom is -0.333 e. The Balaban J connectivity index is 2.35. The number of aryl methyl sites for hydroxylation is 1. The number of carbonyl (C=O) groups excluding carboxylic acids is 1. The molecule has 0 atom stereocenters. The highest BCUT2D eigenvalue weighted by molar-refractivity contribution is 5.95. The van der Waals surface area contributed by atoms with E-state index >= 15 is 0 Å². The third kappa shape index (κ3) is 2.10. The second kappa shape index (κ2) is 5.02. The van der Waals surface area contributed by atoms with Crippen LogP contribution in [0.1, 0.15) is 22.8 Å². The van der Waals surface area contributed by atoms with Gasteiger partial charge in [-0.15, -0.1) is 0 Å². The van der Waals surface area contributed by atoms with Crippen LogP contribution >= 0.6 is 0 Å². The van der Waals surface area contributed by atoms with Crippen LogP contribution in [-0.4, -0.2) is 36.5 Å². The summed E-state index contributed by atoms with van der Waals surface area (Å²) in [5.74, 6) is -2.12. The molecule has 0 saturated carbocycles. The van der Waals surface area contributed by atoms with Gasteiger partial charge in [0.2, 0.25) is 0 Å². The van der Waals surface area contributed by atoms with Gasteiger partial charge in [-0.05, 0) is 25.5 Å². The van der Waals surface area contributed by atoms with E-state index in [0.29, 0.717) is 19.6 Å². The minimum absolute atomic E-state index is 0.0295. The largest absolute Gasteiger partial charge is 0.333 e. The molecular formula is C13H16F2N2O. The summed E-state index contributed by atoms with van der Waals surface area (Å²) >= 11 is 0. The summed E-state index contributed by atoms with van der Waals surface area (Å²) in [6.45, 7) is 5.12. The Bertz CT molecular complexity index is 472. The Labute approximate surface area is 105 Å². The van der Waals surface area contributed by atoms with Crippen molar-refractivity contribution in [1.29, 1.82) is 0 Å². The molecule has 98 valence electrons. The number of hydrogen-bond acceptors (Lipinski definition) is 2. The molecule has 0 spiro atoms. The minimum atomic E-state index is -0.797. The molecule has 1 aliphatic heterocycles. The van der Waals surface area contributed by atoms with Gasteiger partial charge in [0, 0.05) is 19.6 Å². The van der Waals surface area contributed by atoms with Gasteiger partial charge < -0.3 is 10.2 Å². The Kier molecular flexibility index (Phi) is 3.61. The predicted octanol–water partition coefficient (Wildman–Crippen LogP) is 1.71. The van der Waals surface area contributed by atoms with Crippen molar-refractivity contribution in [3.63, 3.8) is 0 Å². The van der Waals surface area contributed by atoms with Crippen molar-refractivity contribution in [2.45, 2.75) is 19.9 Å². The van der Waals surface area contributed by atoms with Crippen LogP contribution in [0.4, 0.5) is 8.78 Å². The van der Waals surface area contributed by atoms with Crippen molar-refractivity contribution in [1.82, 2.24) is 10.2 Å². The molecule has 2 rings (SSSR count). The van der Waals surface area contributed by atoms with E-state index in [0.717, 1.165) is 6.07 Å². The number of hydrogen-bond donors (Lipinski definition) is 1. The molecule has 1 aliphatic rings. The average Bonchev–Trinajstić information content (AvgIpc) is 2.28. The van der Waals surface area contributed by atoms with Crippen LogP contribution in [0, 0.1) is 18.6 Å². The standard InChI is InChI=1S/C13H16F2N2O/c1-3-17(9-6-16-7-9)13(18)11-10(14)5-4-8(2)12(11)15/h4-5,9,16H,3,6-7H2,1-2H3. The lowest BCUT2D eigenvalue weighted by molar-refractivity contribution is 0.0620. The Morgan fingerprint density at radius 1 is 1.44 bits per heavy atom. The zero-order valence-electron chi connectivity index (χ0n) is 10.5. The maximum absolute atomic E-state index is 13.9. The van der Waals surface area contributed by atoms with Gasteiger partial charge in [-0.2, -0.15) is 0 Å². The number of likely N-dealkylation sites (N-methyl/N-ethyl adjacent to an activating group) is 1. The van der Waals surface area contributed by atoms with E-state index in [4.69, 9.17) is 0 Å². The molecule has 18 heavy (non-hydrogen) atoms. The first-order valence-electron chi connectivity index (χ1n) is 6.02. The molecule has 1 aromatic rings. The van der Waals surface area contributed by atoms with Gasteiger partial charge in [-0.3, -0.25) is 4.79 Å². The van der Waals surface area contributed by atoms with E-state index in [-0.39, 0.29) is 11.6 Å². The van der Waals surface area contributed by atoms with Gasteiger partial charge in [0.25, 0.3) is 5.91 Å². The molecular weight excluding hydrogens is 238 g/mol. The maximum Gasteiger partial charge on any atom is 0.260 e. The molecule has 1 saturated heterocycles. The zero-order valence-corrected chi connectivity index (χ0v) is 10.5. The van der Waals surface area contributed by atoms with Crippen molar-refractivity contribution in [2.24, 2.45) is 0 Å². The predicted molar refractivity (Wildman–Crippen MR) is 64.5 cm³/mol. The topological polar surface area (TPSA) is 32.3 Å². The summed E-state index contributed by atoms with van der Waals surface area (Å²) < 4.78 is 27.6.